The van der Waals surface area contributed by atoms with Gasteiger partial charge in [0.1, 0.15) is 18.3 Å². The number of phenols is 1. The molecule has 1 aliphatic heterocycles. The summed E-state index contributed by atoms with van der Waals surface area (Å²) in [7, 11) is 0. The molecule has 3 heterocycles. The molecule has 35 heavy (non-hydrogen) atoms. The maximum Gasteiger partial charge on any atom is 0.247 e. The second-order valence-corrected chi connectivity index (χ2v) is 10.5. The van der Waals surface area contributed by atoms with Gasteiger partial charge in [-0.2, -0.15) is 4.80 Å². The van der Waals surface area contributed by atoms with Crippen LogP contribution in [0.5, 0.6) is 5.75 Å². The molecule has 0 spiro atoms. The highest BCUT2D eigenvalue weighted by Gasteiger charge is 2.36. The number of aromatic nitrogens is 4. The van der Waals surface area contributed by atoms with Crippen LogP contribution >= 0.6 is 11.3 Å². The monoisotopic (exact) mass is 498 g/mol. The highest BCUT2D eigenvalue weighted by molar-refractivity contribution is 7.13. The molecule has 10 nitrogen and oxygen atoms in total. The Hall–Kier alpha value is -3.31. The number of aromatic hydroxyl groups is 1. The van der Waals surface area contributed by atoms with Crippen LogP contribution in [0.3, 0.4) is 0 Å². The van der Waals surface area contributed by atoms with Crippen LogP contribution in [-0.4, -0.2) is 66.8 Å². The molecular formula is C24H30N6O4S. The predicted molar refractivity (Wildman–Crippen MR) is 131 cm³/mol. The van der Waals surface area contributed by atoms with Crippen molar-refractivity contribution in [1.82, 2.24) is 30.4 Å². The van der Waals surface area contributed by atoms with Gasteiger partial charge < -0.3 is 20.1 Å². The molecule has 3 aromatic rings. The third-order valence-electron chi connectivity index (χ3n) is 5.48. The van der Waals surface area contributed by atoms with Crippen molar-refractivity contribution in [3.05, 3.63) is 47.3 Å². The second-order valence-electron chi connectivity index (χ2n) is 9.54. The van der Waals surface area contributed by atoms with Crippen LogP contribution in [0.4, 0.5) is 0 Å². The van der Waals surface area contributed by atoms with Crippen molar-refractivity contribution in [2.24, 2.45) is 0 Å². The zero-order valence-corrected chi connectivity index (χ0v) is 20.9. The van der Waals surface area contributed by atoms with Gasteiger partial charge in [-0.1, -0.05) is 18.2 Å². The number of amides is 2. The average Bonchev–Trinajstić information content (AvgIpc) is 3.56. The summed E-state index contributed by atoms with van der Waals surface area (Å²) < 4.78 is 5.81. The fourth-order valence-corrected chi connectivity index (χ4v) is 4.60. The van der Waals surface area contributed by atoms with Gasteiger partial charge in [-0.3, -0.25) is 9.59 Å². The number of benzene rings is 1. The number of ether oxygens (including phenoxy) is 1. The van der Waals surface area contributed by atoms with E-state index >= 15 is 0 Å². The maximum atomic E-state index is 13.7. The number of tetrazole rings is 1. The van der Waals surface area contributed by atoms with E-state index in [1.165, 1.54) is 33.2 Å². The molecule has 2 unspecified atom stereocenters. The van der Waals surface area contributed by atoms with E-state index in [1.54, 1.807) is 12.1 Å². The zero-order chi connectivity index (χ0) is 25.0. The van der Waals surface area contributed by atoms with Gasteiger partial charge in [0.2, 0.25) is 17.6 Å². The number of phenolic OH excluding ortho intramolecular Hbond substituents is 1. The van der Waals surface area contributed by atoms with Gasteiger partial charge in [0.15, 0.2) is 0 Å². The number of nitrogens with one attached hydrogen (secondary N) is 1. The molecule has 0 bridgehead atoms. The summed E-state index contributed by atoms with van der Waals surface area (Å²) in [5, 5.41) is 27.2. The lowest BCUT2D eigenvalue weighted by atomic mass is 10.0. The quantitative estimate of drug-likeness (QED) is 0.490. The van der Waals surface area contributed by atoms with Crippen molar-refractivity contribution >= 4 is 23.2 Å². The largest absolute Gasteiger partial charge is 0.508 e. The molecule has 2 amide bonds. The van der Waals surface area contributed by atoms with Gasteiger partial charge in [-0.15, -0.1) is 21.5 Å². The van der Waals surface area contributed by atoms with E-state index in [9.17, 15) is 14.7 Å². The summed E-state index contributed by atoms with van der Waals surface area (Å²) in [6, 6.07) is 9.18. The molecule has 11 heteroatoms. The SMILES string of the molecule is CC(C)(C)NC(=O)C(c1ccc(O)cc1)N(CC1CCCO1)C(=O)Cn1nnc(-c2cccs2)n1. The zero-order valence-electron chi connectivity index (χ0n) is 20.0. The van der Waals surface area contributed by atoms with Gasteiger partial charge in [-0.25, -0.2) is 0 Å². The molecule has 1 fully saturated rings. The topological polar surface area (TPSA) is 122 Å². The molecule has 0 radical (unpaired) electrons. The van der Waals surface area contributed by atoms with E-state index in [1.807, 2.05) is 38.3 Å². The van der Waals surface area contributed by atoms with E-state index in [4.69, 9.17) is 4.74 Å². The molecule has 2 aromatic heterocycles. The van der Waals surface area contributed by atoms with Crippen molar-refractivity contribution < 1.29 is 19.4 Å². The van der Waals surface area contributed by atoms with Gasteiger partial charge in [0.25, 0.3) is 0 Å². The summed E-state index contributed by atoms with van der Waals surface area (Å²) in [6.07, 6.45) is 1.53. The lowest BCUT2D eigenvalue weighted by Crippen LogP contribution is -2.51. The molecule has 4 rings (SSSR count). The number of hydrogen-bond acceptors (Lipinski definition) is 8. The van der Waals surface area contributed by atoms with Crippen LogP contribution in [0.15, 0.2) is 41.8 Å². The van der Waals surface area contributed by atoms with Crippen LogP contribution in [-0.2, 0) is 20.9 Å². The Morgan fingerprint density at radius 2 is 2.06 bits per heavy atom. The Morgan fingerprint density at radius 3 is 2.69 bits per heavy atom. The number of hydrogen-bond donors (Lipinski definition) is 2. The minimum atomic E-state index is -0.924. The summed E-state index contributed by atoms with van der Waals surface area (Å²) in [4.78, 5) is 30.8. The van der Waals surface area contributed by atoms with E-state index < -0.39 is 11.6 Å². The minimum Gasteiger partial charge on any atom is -0.508 e. The van der Waals surface area contributed by atoms with E-state index in [2.05, 4.69) is 20.7 Å². The number of nitrogens with zero attached hydrogens (tertiary/aromatic N) is 5. The summed E-state index contributed by atoms with van der Waals surface area (Å²) in [6.45, 7) is 6.35. The van der Waals surface area contributed by atoms with Gasteiger partial charge in [0.05, 0.1) is 11.0 Å². The molecule has 1 aromatic carbocycles. The normalized spacial score (nSPS) is 16.7. The number of carbonyl (C=O) groups excluding carboxylic acids is 2. The van der Waals surface area contributed by atoms with Crippen molar-refractivity contribution in [3.63, 3.8) is 0 Å². The molecule has 2 atom stereocenters. The van der Waals surface area contributed by atoms with Crippen molar-refractivity contribution in [3.8, 4) is 16.5 Å². The summed E-state index contributed by atoms with van der Waals surface area (Å²) >= 11 is 1.48. The van der Waals surface area contributed by atoms with E-state index in [-0.39, 0.29) is 36.8 Å². The van der Waals surface area contributed by atoms with Gasteiger partial charge >= 0.3 is 0 Å². The molecule has 2 N–H and O–H groups in total. The van der Waals surface area contributed by atoms with Crippen LogP contribution in [0.1, 0.15) is 45.2 Å². The molecule has 186 valence electrons. The standard InChI is InChI=1S/C24H30N6O4S/c1-24(2,3)25-23(33)21(16-8-10-17(31)11-9-16)29(14-18-6-4-12-34-18)20(32)15-30-27-22(26-28-30)19-7-5-13-35-19/h5,7-11,13,18,21,31H,4,6,12,14-15H2,1-3H3,(H,25,33). The first-order valence-corrected chi connectivity index (χ1v) is 12.4. The third kappa shape index (κ3) is 6.43. The molecule has 0 aliphatic carbocycles. The fraction of sp³-hybridized carbons (Fsp3) is 0.458. The Balaban J connectivity index is 1.64. The number of thiophene rings is 1. The Bertz CT molecular complexity index is 1130. The molecule has 1 saturated heterocycles. The number of carbonyl (C=O) groups is 2. The Labute approximate surface area is 207 Å². The van der Waals surface area contributed by atoms with Gasteiger partial charge in [-0.05, 0) is 68.0 Å². The van der Waals surface area contributed by atoms with Crippen LogP contribution in [0.25, 0.3) is 10.7 Å². The maximum absolute atomic E-state index is 13.7. The number of rotatable bonds is 8. The van der Waals surface area contributed by atoms with Crippen molar-refractivity contribution in [1.29, 1.82) is 0 Å². The fourth-order valence-electron chi connectivity index (χ4n) is 3.95. The van der Waals surface area contributed by atoms with Gasteiger partial charge in [0, 0.05) is 18.7 Å². The Morgan fingerprint density at radius 1 is 1.29 bits per heavy atom. The Kier molecular flexibility index (Phi) is 7.46. The van der Waals surface area contributed by atoms with Crippen molar-refractivity contribution in [2.45, 2.75) is 57.8 Å². The first-order valence-electron chi connectivity index (χ1n) is 11.5. The lowest BCUT2D eigenvalue weighted by Gasteiger charge is -2.35. The first-order chi connectivity index (χ1) is 16.7. The van der Waals surface area contributed by atoms with E-state index in [0.29, 0.717) is 18.0 Å². The summed E-state index contributed by atoms with van der Waals surface area (Å²) in [5.74, 6) is -0.134. The highest BCUT2D eigenvalue weighted by Crippen LogP contribution is 2.27. The third-order valence-corrected chi connectivity index (χ3v) is 6.35. The van der Waals surface area contributed by atoms with Crippen LogP contribution < -0.4 is 5.32 Å². The van der Waals surface area contributed by atoms with Crippen LogP contribution in [0.2, 0.25) is 0 Å². The highest BCUT2D eigenvalue weighted by atomic mass is 32.1. The first kappa shape index (κ1) is 24.8. The predicted octanol–water partition coefficient (Wildman–Crippen LogP) is 2.77. The smallest absolute Gasteiger partial charge is 0.247 e. The van der Waals surface area contributed by atoms with Crippen LogP contribution in [0, 0.1) is 0 Å². The van der Waals surface area contributed by atoms with E-state index in [0.717, 1.165) is 17.7 Å². The molecule has 0 saturated carbocycles. The average molecular weight is 499 g/mol. The minimum absolute atomic E-state index is 0.0775. The van der Waals surface area contributed by atoms with Crippen molar-refractivity contribution in [2.75, 3.05) is 13.2 Å². The summed E-state index contributed by atoms with van der Waals surface area (Å²) in [5.41, 5.74) is 0.0789. The second kappa shape index (κ2) is 10.5. The lowest BCUT2D eigenvalue weighted by molar-refractivity contribution is -0.144. The molecule has 1 aliphatic rings. The molecular weight excluding hydrogens is 468 g/mol.